The molecular formula is C9H10N2O2. The molecule has 4 nitrogen and oxygen atoms in total. The lowest BCUT2D eigenvalue weighted by Gasteiger charge is -2.06. The molecule has 2 heterocycles. The van der Waals surface area contributed by atoms with Gasteiger partial charge in [-0.3, -0.25) is 4.79 Å². The van der Waals surface area contributed by atoms with Gasteiger partial charge < -0.3 is 4.74 Å². The van der Waals surface area contributed by atoms with Crippen molar-refractivity contribution in [2.45, 2.75) is 18.9 Å². The maximum atomic E-state index is 11.6. The van der Waals surface area contributed by atoms with Crippen molar-refractivity contribution in [3.05, 3.63) is 24.3 Å². The zero-order valence-corrected chi connectivity index (χ0v) is 7.14. The molecule has 0 amide bonds. The van der Waals surface area contributed by atoms with E-state index in [2.05, 4.69) is 9.97 Å². The van der Waals surface area contributed by atoms with Crippen LogP contribution in [0.3, 0.4) is 0 Å². The molecule has 4 heteroatoms. The molecule has 1 aromatic rings. The van der Waals surface area contributed by atoms with E-state index >= 15 is 0 Å². The molecule has 68 valence electrons. The Morgan fingerprint density at radius 1 is 1.46 bits per heavy atom. The Kier molecular flexibility index (Phi) is 2.31. The van der Waals surface area contributed by atoms with Crippen LogP contribution in [0.4, 0.5) is 0 Å². The molecule has 1 aliphatic heterocycles. The van der Waals surface area contributed by atoms with E-state index in [1.807, 2.05) is 0 Å². The first-order valence-electron chi connectivity index (χ1n) is 4.29. The SMILES string of the molecule is O=C(c1cncnc1)[C@H]1CCCO1. The van der Waals surface area contributed by atoms with Gasteiger partial charge in [0.1, 0.15) is 12.4 Å². The Hall–Kier alpha value is -1.29. The van der Waals surface area contributed by atoms with E-state index in [1.54, 1.807) is 0 Å². The van der Waals surface area contributed by atoms with Crippen molar-refractivity contribution >= 4 is 5.78 Å². The second-order valence-corrected chi connectivity index (χ2v) is 2.99. The highest BCUT2D eigenvalue weighted by Crippen LogP contribution is 2.16. The summed E-state index contributed by atoms with van der Waals surface area (Å²) in [4.78, 5) is 19.2. The number of ketones is 1. The van der Waals surface area contributed by atoms with Gasteiger partial charge in [0.2, 0.25) is 0 Å². The summed E-state index contributed by atoms with van der Waals surface area (Å²) >= 11 is 0. The molecule has 1 aromatic heterocycles. The van der Waals surface area contributed by atoms with Crippen molar-refractivity contribution in [2.24, 2.45) is 0 Å². The van der Waals surface area contributed by atoms with E-state index in [1.165, 1.54) is 18.7 Å². The van der Waals surface area contributed by atoms with E-state index in [0.717, 1.165) is 12.8 Å². The molecule has 0 radical (unpaired) electrons. The summed E-state index contributed by atoms with van der Waals surface area (Å²) in [6.45, 7) is 0.685. The number of carbonyl (C=O) groups is 1. The van der Waals surface area contributed by atoms with Crippen molar-refractivity contribution in [1.29, 1.82) is 0 Å². The predicted molar refractivity (Wildman–Crippen MR) is 45.3 cm³/mol. The number of nitrogens with zero attached hydrogens (tertiary/aromatic N) is 2. The third-order valence-corrected chi connectivity index (χ3v) is 2.07. The number of aromatic nitrogens is 2. The molecule has 0 N–H and O–H groups in total. The van der Waals surface area contributed by atoms with Gasteiger partial charge in [-0.2, -0.15) is 0 Å². The van der Waals surface area contributed by atoms with Crippen LogP contribution in [-0.4, -0.2) is 28.5 Å². The van der Waals surface area contributed by atoms with Crippen LogP contribution in [0.5, 0.6) is 0 Å². The zero-order valence-electron chi connectivity index (χ0n) is 7.14. The standard InChI is InChI=1S/C9H10N2O2/c12-9(8-2-1-3-13-8)7-4-10-6-11-5-7/h4-6,8H,1-3H2/t8-/m1/s1. The largest absolute Gasteiger partial charge is 0.370 e. The van der Waals surface area contributed by atoms with Crippen LogP contribution in [0.15, 0.2) is 18.7 Å². The molecule has 2 rings (SSSR count). The molecule has 0 aromatic carbocycles. The first-order chi connectivity index (χ1) is 6.38. The summed E-state index contributed by atoms with van der Waals surface area (Å²) in [5, 5.41) is 0. The highest BCUT2D eigenvalue weighted by atomic mass is 16.5. The molecule has 1 atom stereocenters. The predicted octanol–water partition coefficient (Wildman–Crippen LogP) is 0.838. The summed E-state index contributed by atoms with van der Waals surface area (Å²) in [7, 11) is 0. The van der Waals surface area contributed by atoms with E-state index in [0.29, 0.717) is 12.2 Å². The number of carbonyl (C=O) groups excluding carboxylic acids is 1. The van der Waals surface area contributed by atoms with Gasteiger partial charge in [-0.05, 0) is 12.8 Å². The molecule has 0 unspecified atom stereocenters. The van der Waals surface area contributed by atoms with E-state index < -0.39 is 0 Å². The second-order valence-electron chi connectivity index (χ2n) is 2.99. The van der Waals surface area contributed by atoms with E-state index in [4.69, 9.17) is 4.74 Å². The first kappa shape index (κ1) is 8.31. The number of hydrogen-bond acceptors (Lipinski definition) is 4. The lowest BCUT2D eigenvalue weighted by Crippen LogP contribution is -2.19. The Bertz CT molecular complexity index is 294. The minimum Gasteiger partial charge on any atom is -0.370 e. The van der Waals surface area contributed by atoms with Crippen molar-refractivity contribution < 1.29 is 9.53 Å². The summed E-state index contributed by atoms with van der Waals surface area (Å²) < 4.78 is 5.26. The molecule has 0 saturated carbocycles. The molecule has 0 spiro atoms. The van der Waals surface area contributed by atoms with Gasteiger partial charge in [0.25, 0.3) is 0 Å². The average molecular weight is 178 g/mol. The Balaban J connectivity index is 2.13. The maximum absolute atomic E-state index is 11.6. The van der Waals surface area contributed by atoms with Gasteiger partial charge in [0.15, 0.2) is 5.78 Å². The van der Waals surface area contributed by atoms with Gasteiger partial charge in [-0.25, -0.2) is 9.97 Å². The van der Waals surface area contributed by atoms with Gasteiger partial charge >= 0.3 is 0 Å². The molecule has 0 bridgehead atoms. The number of Topliss-reactive ketones (excluding diaryl/α,β-unsaturated/α-hetero) is 1. The number of rotatable bonds is 2. The Labute approximate surface area is 76.0 Å². The molecule has 1 fully saturated rings. The van der Waals surface area contributed by atoms with Crippen LogP contribution in [-0.2, 0) is 4.74 Å². The third-order valence-electron chi connectivity index (χ3n) is 2.07. The smallest absolute Gasteiger partial charge is 0.194 e. The van der Waals surface area contributed by atoms with Crippen LogP contribution in [0, 0.1) is 0 Å². The first-order valence-corrected chi connectivity index (χ1v) is 4.29. The van der Waals surface area contributed by atoms with Crippen LogP contribution in [0.1, 0.15) is 23.2 Å². The van der Waals surface area contributed by atoms with Gasteiger partial charge in [0, 0.05) is 19.0 Å². The molecule has 13 heavy (non-hydrogen) atoms. The molecule has 1 aliphatic rings. The van der Waals surface area contributed by atoms with Crippen LogP contribution < -0.4 is 0 Å². The highest BCUT2D eigenvalue weighted by Gasteiger charge is 2.24. The fraction of sp³-hybridized carbons (Fsp3) is 0.444. The van der Waals surface area contributed by atoms with E-state index in [9.17, 15) is 4.79 Å². The number of ether oxygens (including phenoxy) is 1. The second kappa shape index (κ2) is 3.62. The van der Waals surface area contributed by atoms with Crippen LogP contribution >= 0.6 is 0 Å². The minimum atomic E-state index is -0.272. The molecule has 1 saturated heterocycles. The lowest BCUT2D eigenvalue weighted by atomic mass is 10.1. The Morgan fingerprint density at radius 2 is 2.23 bits per heavy atom. The van der Waals surface area contributed by atoms with Crippen LogP contribution in [0.2, 0.25) is 0 Å². The minimum absolute atomic E-state index is 0.00176. The van der Waals surface area contributed by atoms with Crippen molar-refractivity contribution in [3.63, 3.8) is 0 Å². The van der Waals surface area contributed by atoms with E-state index in [-0.39, 0.29) is 11.9 Å². The summed E-state index contributed by atoms with van der Waals surface area (Å²) in [6.07, 6.45) is 5.96. The lowest BCUT2D eigenvalue weighted by molar-refractivity contribution is 0.0642. The highest BCUT2D eigenvalue weighted by molar-refractivity contribution is 5.99. The maximum Gasteiger partial charge on any atom is 0.194 e. The van der Waals surface area contributed by atoms with Crippen molar-refractivity contribution in [1.82, 2.24) is 9.97 Å². The summed E-state index contributed by atoms with van der Waals surface area (Å²) in [5.41, 5.74) is 0.536. The average Bonchev–Trinajstić information content (AvgIpc) is 2.71. The van der Waals surface area contributed by atoms with Crippen molar-refractivity contribution in [2.75, 3.05) is 6.61 Å². The fourth-order valence-electron chi connectivity index (χ4n) is 1.40. The monoisotopic (exact) mass is 178 g/mol. The number of hydrogen-bond donors (Lipinski definition) is 0. The summed E-state index contributed by atoms with van der Waals surface area (Å²) in [5.74, 6) is -0.00176. The van der Waals surface area contributed by atoms with Gasteiger partial charge in [-0.1, -0.05) is 0 Å². The third kappa shape index (κ3) is 1.72. The quantitative estimate of drug-likeness (QED) is 0.629. The Morgan fingerprint density at radius 3 is 2.85 bits per heavy atom. The van der Waals surface area contributed by atoms with Gasteiger partial charge in [-0.15, -0.1) is 0 Å². The van der Waals surface area contributed by atoms with Gasteiger partial charge in [0.05, 0.1) is 5.56 Å². The van der Waals surface area contributed by atoms with Crippen molar-refractivity contribution in [3.8, 4) is 0 Å². The van der Waals surface area contributed by atoms with Crippen LogP contribution in [0.25, 0.3) is 0 Å². The molecular weight excluding hydrogens is 168 g/mol. The fourth-order valence-corrected chi connectivity index (χ4v) is 1.40. The molecule has 0 aliphatic carbocycles. The zero-order chi connectivity index (χ0) is 9.10. The normalized spacial score (nSPS) is 21.7. The topological polar surface area (TPSA) is 52.1 Å². The summed E-state index contributed by atoms with van der Waals surface area (Å²) in [6, 6.07) is 0.